The molecule has 0 aliphatic carbocycles. The maximum atomic E-state index is 13.4. The molecule has 3 heterocycles. The Morgan fingerprint density at radius 2 is 1.75 bits per heavy atom. The smallest absolute Gasteiger partial charge is 0.244 e. The van der Waals surface area contributed by atoms with Gasteiger partial charge in [-0.2, -0.15) is 0 Å². The number of fused-ring (bicyclic) bond motifs is 3. The summed E-state index contributed by atoms with van der Waals surface area (Å²) in [6, 6.07) is 15.4. The zero-order valence-corrected chi connectivity index (χ0v) is 15.9. The van der Waals surface area contributed by atoms with Crippen molar-refractivity contribution in [2.75, 3.05) is 11.4 Å². The number of benzene rings is 2. The number of hydrogen-bond acceptors (Lipinski definition) is 3. The van der Waals surface area contributed by atoms with E-state index in [4.69, 9.17) is 11.6 Å². The zero-order chi connectivity index (χ0) is 19.4. The molecule has 0 radical (unpaired) electrons. The Bertz CT molecular complexity index is 977. The van der Waals surface area contributed by atoms with Crippen molar-refractivity contribution in [3.05, 3.63) is 65.2 Å². The third-order valence-electron chi connectivity index (χ3n) is 6.45. The van der Waals surface area contributed by atoms with Crippen molar-refractivity contribution in [3.63, 3.8) is 0 Å². The Balaban J connectivity index is 1.56. The van der Waals surface area contributed by atoms with E-state index in [9.17, 15) is 14.4 Å². The lowest BCUT2D eigenvalue weighted by atomic mass is 9.85. The molecule has 3 aliphatic rings. The summed E-state index contributed by atoms with van der Waals surface area (Å²) in [5.41, 5.74) is 1.09. The van der Waals surface area contributed by atoms with Crippen LogP contribution in [0.25, 0.3) is 0 Å². The highest BCUT2D eigenvalue weighted by molar-refractivity contribution is 6.31. The number of amides is 2. The normalized spacial score (nSPS) is 31.2. The second-order valence-corrected chi connectivity index (χ2v) is 8.26. The SMILES string of the molecule is O=C(c1ccccc1)[C@@H]1[C@@H]2C(=O)N(c3cccc(Cl)c3)C(=O)[C@@H]2[C@H]2CCC[NH+]21. The summed E-state index contributed by atoms with van der Waals surface area (Å²) in [5, 5.41) is 0.472. The van der Waals surface area contributed by atoms with E-state index in [0.717, 1.165) is 24.3 Å². The molecule has 0 aromatic heterocycles. The van der Waals surface area contributed by atoms with Gasteiger partial charge in [0.05, 0.1) is 12.2 Å². The second kappa shape index (κ2) is 6.54. The van der Waals surface area contributed by atoms with Crippen LogP contribution in [0.1, 0.15) is 23.2 Å². The number of halogens is 1. The Labute approximate surface area is 167 Å². The van der Waals surface area contributed by atoms with Crippen LogP contribution in [-0.2, 0) is 9.59 Å². The Kier molecular flexibility index (Phi) is 4.11. The van der Waals surface area contributed by atoms with Crippen molar-refractivity contribution in [1.29, 1.82) is 0 Å². The molecule has 28 heavy (non-hydrogen) atoms. The number of Topliss-reactive ketones (excluding diaryl/α,β-unsaturated/α-hetero) is 1. The molecule has 142 valence electrons. The van der Waals surface area contributed by atoms with Crippen LogP contribution in [0.4, 0.5) is 5.69 Å². The number of carbonyl (C=O) groups excluding carboxylic acids is 3. The topological polar surface area (TPSA) is 58.9 Å². The molecule has 3 aliphatic heterocycles. The maximum absolute atomic E-state index is 13.4. The number of quaternary nitrogens is 1. The first kappa shape index (κ1) is 17.6. The van der Waals surface area contributed by atoms with Crippen LogP contribution in [0.2, 0.25) is 5.02 Å². The van der Waals surface area contributed by atoms with Crippen molar-refractivity contribution < 1.29 is 19.3 Å². The van der Waals surface area contributed by atoms with Crippen LogP contribution in [0.3, 0.4) is 0 Å². The van der Waals surface area contributed by atoms with Gasteiger partial charge >= 0.3 is 0 Å². The van der Waals surface area contributed by atoms with Crippen LogP contribution in [-0.4, -0.2) is 36.2 Å². The minimum absolute atomic E-state index is 0.0308. The molecule has 2 aromatic carbocycles. The standard InChI is InChI=1S/C22H19ClN2O3/c23-14-8-4-9-15(12-14)25-21(27)17-16-10-5-11-24(16)19(18(17)22(25)28)20(26)13-6-2-1-3-7-13/h1-4,6-9,12,16-19H,5,10-11H2/p+1/t16-,17-,18-,19+/m1/s1. The summed E-state index contributed by atoms with van der Waals surface area (Å²) in [6.45, 7) is 0.832. The molecule has 2 amide bonds. The van der Waals surface area contributed by atoms with Crippen molar-refractivity contribution >= 4 is 34.9 Å². The number of imide groups is 1. The minimum atomic E-state index is -0.598. The fourth-order valence-corrected chi connectivity index (χ4v) is 5.58. The summed E-state index contributed by atoms with van der Waals surface area (Å²) in [4.78, 5) is 42.4. The minimum Gasteiger partial charge on any atom is -0.322 e. The Morgan fingerprint density at radius 3 is 2.50 bits per heavy atom. The van der Waals surface area contributed by atoms with Gasteiger partial charge in [0, 0.05) is 23.4 Å². The number of nitrogens with one attached hydrogen (secondary N) is 1. The van der Waals surface area contributed by atoms with E-state index in [2.05, 4.69) is 0 Å². The van der Waals surface area contributed by atoms with E-state index in [0.29, 0.717) is 16.3 Å². The molecule has 0 bridgehead atoms. The highest BCUT2D eigenvalue weighted by atomic mass is 35.5. The fraction of sp³-hybridized carbons (Fsp3) is 0.318. The fourth-order valence-electron chi connectivity index (χ4n) is 5.39. The van der Waals surface area contributed by atoms with Gasteiger partial charge in [0.2, 0.25) is 17.6 Å². The number of rotatable bonds is 3. The summed E-state index contributed by atoms with van der Waals surface area (Å²) in [5.74, 6) is -1.52. The molecule has 1 unspecified atom stereocenters. The third-order valence-corrected chi connectivity index (χ3v) is 6.69. The predicted octanol–water partition coefficient (Wildman–Crippen LogP) is 1.76. The van der Waals surface area contributed by atoms with Gasteiger partial charge in [-0.1, -0.05) is 48.0 Å². The predicted molar refractivity (Wildman–Crippen MR) is 104 cm³/mol. The molecule has 5 nitrogen and oxygen atoms in total. The van der Waals surface area contributed by atoms with E-state index in [1.54, 1.807) is 36.4 Å². The van der Waals surface area contributed by atoms with Gasteiger partial charge in [0.15, 0.2) is 6.04 Å². The lowest BCUT2D eigenvalue weighted by Gasteiger charge is -2.25. The molecule has 3 fully saturated rings. The van der Waals surface area contributed by atoms with Crippen LogP contribution >= 0.6 is 11.6 Å². The van der Waals surface area contributed by atoms with Gasteiger partial charge in [-0.3, -0.25) is 14.4 Å². The number of hydrogen-bond donors (Lipinski definition) is 1. The summed E-state index contributed by atoms with van der Waals surface area (Å²) >= 11 is 6.08. The average Bonchev–Trinajstić information content (AvgIpc) is 3.34. The average molecular weight is 396 g/mol. The number of nitrogens with zero attached hydrogens (tertiary/aromatic N) is 1. The molecule has 1 N–H and O–H groups in total. The highest BCUT2D eigenvalue weighted by Gasteiger charge is 2.68. The van der Waals surface area contributed by atoms with Crippen molar-refractivity contribution in [1.82, 2.24) is 0 Å². The monoisotopic (exact) mass is 395 g/mol. The van der Waals surface area contributed by atoms with Crippen LogP contribution in [0.5, 0.6) is 0 Å². The molecule has 3 saturated heterocycles. The molecule has 5 atom stereocenters. The van der Waals surface area contributed by atoms with E-state index >= 15 is 0 Å². The van der Waals surface area contributed by atoms with Crippen LogP contribution < -0.4 is 9.80 Å². The maximum Gasteiger partial charge on any atom is 0.244 e. The summed E-state index contributed by atoms with van der Waals surface area (Å²) < 4.78 is 0. The summed E-state index contributed by atoms with van der Waals surface area (Å²) in [7, 11) is 0. The van der Waals surface area contributed by atoms with Gasteiger partial charge in [-0.15, -0.1) is 0 Å². The molecule has 6 heteroatoms. The van der Waals surface area contributed by atoms with E-state index in [-0.39, 0.29) is 23.6 Å². The van der Waals surface area contributed by atoms with Crippen molar-refractivity contribution in [2.45, 2.75) is 24.9 Å². The Hall–Kier alpha value is -2.50. The van der Waals surface area contributed by atoms with Crippen LogP contribution in [0.15, 0.2) is 54.6 Å². The molecule has 5 rings (SSSR count). The quantitative estimate of drug-likeness (QED) is 0.636. The summed E-state index contributed by atoms with van der Waals surface area (Å²) in [6.07, 6.45) is 1.85. The first-order chi connectivity index (χ1) is 13.6. The Morgan fingerprint density at radius 1 is 1.00 bits per heavy atom. The molecule has 0 saturated carbocycles. The van der Waals surface area contributed by atoms with Gasteiger partial charge in [-0.25, -0.2) is 4.90 Å². The number of anilines is 1. The number of ketones is 1. The molecular formula is C22H20ClN2O3+. The van der Waals surface area contributed by atoms with Gasteiger partial charge in [0.1, 0.15) is 17.9 Å². The second-order valence-electron chi connectivity index (χ2n) is 7.82. The lowest BCUT2D eigenvalue weighted by Crippen LogP contribution is -3.16. The molecule has 2 aromatic rings. The van der Waals surface area contributed by atoms with E-state index in [1.807, 2.05) is 18.2 Å². The number of carbonyl (C=O) groups is 3. The molecular weight excluding hydrogens is 376 g/mol. The lowest BCUT2D eigenvalue weighted by molar-refractivity contribution is -0.915. The van der Waals surface area contributed by atoms with Gasteiger partial charge in [0.25, 0.3) is 0 Å². The first-order valence-corrected chi connectivity index (χ1v) is 10.0. The first-order valence-electron chi connectivity index (χ1n) is 9.66. The van der Waals surface area contributed by atoms with E-state index in [1.165, 1.54) is 4.90 Å². The van der Waals surface area contributed by atoms with Crippen molar-refractivity contribution in [2.24, 2.45) is 11.8 Å². The largest absolute Gasteiger partial charge is 0.322 e. The van der Waals surface area contributed by atoms with Gasteiger partial charge in [-0.05, 0) is 18.2 Å². The molecule has 0 spiro atoms. The third kappa shape index (κ3) is 2.46. The van der Waals surface area contributed by atoms with E-state index < -0.39 is 17.9 Å². The highest BCUT2D eigenvalue weighted by Crippen LogP contribution is 2.40. The van der Waals surface area contributed by atoms with Crippen molar-refractivity contribution in [3.8, 4) is 0 Å². The van der Waals surface area contributed by atoms with Gasteiger partial charge < -0.3 is 4.90 Å². The van der Waals surface area contributed by atoms with Crippen LogP contribution in [0, 0.1) is 11.8 Å². The zero-order valence-electron chi connectivity index (χ0n) is 15.2.